The normalized spacial score (nSPS) is 16.2. The van der Waals surface area contributed by atoms with Crippen LogP contribution in [0.2, 0.25) is 0 Å². The fourth-order valence-corrected chi connectivity index (χ4v) is 7.32. The van der Waals surface area contributed by atoms with Gasteiger partial charge in [-0.05, 0) is 96.7 Å². The number of aldehydes is 1. The minimum absolute atomic E-state index is 0.102. The van der Waals surface area contributed by atoms with Gasteiger partial charge in [0.2, 0.25) is 0 Å². The van der Waals surface area contributed by atoms with Crippen LogP contribution in [0.1, 0.15) is 108 Å². The van der Waals surface area contributed by atoms with E-state index in [2.05, 4.69) is 50.0 Å². The van der Waals surface area contributed by atoms with Crippen molar-refractivity contribution >= 4 is 46.7 Å². The minimum Gasteiger partial charge on any atom is -0.508 e. The minimum atomic E-state index is -0.102. The summed E-state index contributed by atoms with van der Waals surface area (Å²) < 4.78 is 7.50. The number of aromatic nitrogens is 3. The Hall–Kier alpha value is -4.18. The second-order valence-electron chi connectivity index (χ2n) is 12.4. The van der Waals surface area contributed by atoms with Gasteiger partial charge >= 0.3 is 0 Å². The third-order valence-corrected chi connectivity index (χ3v) is 9.67. The molecule has 2 aliphatic carbocycles. The number of nitrogens with zero attached hydrogens (tertiary/aromatic N) is 4. The number of imidazole rings is 1. The van der Waals surface area contributed by atoms with Crippen LogP contribution in [-0.2, 0) is 6.54 Å². The van der Waals surface area contributed by atoms with E-state index in [4.69, 9.17) is 4.91 Å². The highest BCUT2D eigenvalue weighted by Gasteiger charge is 2.33. The summed E-state index contributed by atoms with van der Waals surface area (Å²) in [5.41, 5.74) is 8.38. The predicted molar refractivity (Wildman–Crippen MR) is 181 cm³/mol. The summed E-state index contributed by atoms with van der Waals surface area (Å²) in [7, 11) is 1.19. The fraction of sp³-hybridized carbons (Fsp3) is 0.400. The van der Waals surface area contributed by atoms with Crippen molar-refractivity contribution in [2.24, 2.45) is 5.18 Å². The SMILES string of the molecule is CC(C)SNC(=O)c1ccc2c(C3CCCCC3)c3n(c2c1)CC(c1c(C=O)ncn1C1CC1)=Cc1cc(O)ccc1-3.CN=O. The summed E-state index contributed by atoms with van der Waals surface area (Å²) in [6, 6.07) is 12.1. The van der Waals surface area contributed by atoms with E-state index in [0.717, 1.165) is 65.6 Å². The molecule has 2 aromatic carbocycles. The van der Waals surface area contributed by atoms with Crippen molar-refractivity contribution in [2.45, 2.75) is 82.5 Å². The lowest BCUT2D eigenvalue weighted by Crippen LogP contribution is -2.18. The van der Waals surface area contributed by atoms with Gasteiger partial charge in [0, 0.05) is 33.3 Å². The molecule has 7 rings (SSSR count). The quantitative estimate of drug-likeness (QED) is 0.122. The molecule has 2 fully saturated rings. The lowest BCUT2D eigenvalue weighted by Gasteiger charge is -2.24. The number of hydrogen-bond acceptors (Lipinski definition) is 7. The van der Waals surface area contributed by atoms with Crippen LogP contribution in [0.5, 0.6) is 5.75 Å². The predicted octanol–water partition coefficient (Wildman–Crippen LogP) is 8.13. The molecular weight excluding hydrogens is 586 g/mol. The molecule has 0 bridgehead atoms. The van der Waals surface area contributed by atoms with E-state index < -0.39 is 0 Å². The number of carbonyl (C=O) groups excluding carboxylic acids is 2. The highest BCUT2D eigenvalue weighted by atomic mass is 32.2. The van der Waals surface area contributed by atoms with Gasteiger partial charge in [-0.25, -0.2) is 4.98 Å². The van der Waals surface area contributed by atoms with Crippen molar-refractivity contribution < 1.29 is 14.7 Å². The number of carbonyl (C=O) groups is 2. The Morgan fingerprint density at radius 1 is 1.09 bits per heavy atom. The number of nitrogens with one attached hydrogen (secondary N) is 1. The summed E-state index contributed by atoms with van der Waals surface area (Å²) >= 11 is 1.42. The highest BCUT2D eigenvalue weighted by molar-refractivity contribution is 7.98. The molecule has 10 heteroatoms. The van der Waals surface area contributed by atoms with Gasteiger partial charge in [0.25, 0.3) is 5.91 Å². The monoisotopic (exact) mass is 625 g/mol. The van der Waals surface area contributed by atoms with Crippen molar-refractivity contribution in [3.05, 3.63) is 75.7 Å². The zero-order valence-corrected chi connectivity index (χ0v) is 26.8. The number of nitroso groups, excluding NO2 is 1. The number of amides is 1. The molecule has 2 saturated carbocycles. The first kappa shape index (κ1) is 30.8. The smallest absolute Gasteiger partial charge is 0.261 e. The molecule has 1 amide bonds. The second-order valence-corrected chi connectivity index (χ2v) is 13.8. The maximum absolute atomic E-state index is 13.2. The Balaban J connectivity index is 0.00000115. The summed E-state index contributed by atoms with van der Waals surface area (Å²) in [4.78, 5) is 38.5. The van der Waals surface area contributed by atoms with E-state index >= 15 is 0 Å². The van der Waals surface area contributed by atoms with E-state index in [1.54, 1.807) is 12.4 Å². The molecule has 45 heavy (non-hydrogen) atoms. The molecule has 9 nitrogen and oxygen atoms in total. The molecule has 3 heterocycles. The van der Waals surface area contributed by atoms with Crippen LogP contribution in [0.15, 0.2) is 47.9 Å². The van der Waals surface area contributed by atoms with E-state index in [1.807, 2.05) is 24.3 Å². The van der Waals surface area contributed by atoms with Crippen molar-refractivity contribution in [1.29, 1.82) is 0 Å². The lowest BCUT2D eigenvalue weighted by molar-refractivity contribution is 0.0984. The molecule has 3 aliphatic rings. The maximum Gasteiger partial charge on any atom is 0.261 e. The molecule has 234 valence electrons. The molecule has 2 N–H and O–H groups in total. The van der Waals surface area contributed by atoms with Gasteiger partial charge in [0.1, 0.15) is 11.4 Å². The summed E-state index contributed by atoms with van der Waals surface area (Å²) in [6.45, 7) is 4.64. The van der Waals surface area contributed by atoms with Crippen molar-refractivity contribution in [2.75, 3.05) is 7.05 Å². The number of phenols is 1. The Morgan fingerprint density at radius 2 is 1.84 bits per heavy atom. The van der Waals surface area contributed by atoms with Crippen LogP contribution in [0, 0.1) is 4.91 Å². The second kappa shape index (κ2) is 13.0. The van der Waals surface area contributed by atoms with Gasteiger partial charge in [-0.1, -0.05) is 44.4 Å². The molecule has 0 radical (unpaired) electrons. The topological polar surface area (TPSA) is 119 Å². The van der Waals surface area contributed by atoms with E-state index in [0.29, 0.717) is 29.8 Å². The van der Waals surface area contributed by atoms with Gasteiger partial charge < -0.3 is 14.2 Å². The molecular formula is C35H39N5O4S. The van der Waals surface area contributed by atoms with Crippen LogP contribution in [0.25, 0.3) is 33.8 Å². The van der Waals surface area contributed by atoms with Gasteiger partial charge in [0.05, 0.1) is 31.3 Å². The van der Waals surface area contributed by atoms with Crippen LogP contribution >= 0.6 is 11.9 Å². The van der Waals surface area contributed by atoms with Crippen LogP contribution in [0.4, 0.5) is 0 Å². The first-order valence-electron chi connectivity index (χ1n) is 15.7. The Labute approximate surface area is 267 Å². The molecule has 0 saturated heterocycles. The first-order chi connectivity index (χ1) is 21.8. The molecule has 0 unspecified atom stereocenters. The number of fused-ring (bicyclic) bond motifs is 5. The Kier molecular flexibility index (Phi) is 8.94. The summed E-state index contributed by atoms with van der Waals surface area (Å²) in [5, 5.41) is 14.3. The third-order valence-electron chi connectivity index (χ3n) is 8.89. The van der Waals surface area contributed by atoms with E-state index in [9.17, 15) is 14.7 Å². The highest BCUT2D eigenvalue weighted by Crippen LogP contribution is 2.48. The van der Waals surface area contributed by atoms with Crippen LogP contribution in [0.3, 0.4) is 0 Å². The van der Waals surface area contributed by atoms with Gasteiger partial charge in [-0.15, -0.1) is 0 Å². The van der Waals surface area contributed by atoms with Crippen molar-refractivity contribution in [1.82, 2.24) is 18.8 Å². The number of phenolic OH excluding ortho intramolecular Hbond substituents is 1. The molecule has 4 aromatic rings. The Morgan fingerprint density at radius 3 is 2.53 bits per heavy atom. The number of benzene rings is 2. The Bertz CT molecular complexity index is 1790. The van der Waals surface area contributed by atoms with Gasteiger partial charge in [-0.2, -0.15) is 4.91 Å². The fourth-order valence-electron chi connectivity index (χ4n) is 6.86. The first-order valence-corrected chi connectivity index (χ1v) is 16.6. The third kappa shape index (κ3) is 6.08. The average molecular weight is 626 g/mol. The zero-order valence-electron chi connectivity index (χ0n) is 26.0. The van der Waals surface area contributed by atoms with E-state index in [1.165, 1.54) is 49.2 Å². The molecule has 1 aliphatic heterocycles. The summed E-state index contributed by atoms with van der Waals surface area (Å²) in [6.07, 6.45) is 12.9. The van der Waals surface area contributed by atoms with Crippen LogP contribution in [-0.4, -0.2) is 43.7 Å². The number of rotatable bonds is 7. The lowest BCUT2D eigenvalue weighted by atomic mass is 9.81. The largest absolute Gasteiger partial charge is 0.508 e. The molecule has 0 atom stereocenters. The van der Waals surface area contributed by atoms with Crippen molar-refractivity contribution in [3.8, 4) is 17.0 Å². The summed E-state index contributed by atoms with van der Waals surface area (Å²) in [5.74, 6) is 0.524. The standard InChI is InChI=1S/C34H36N4O3S.CH3NO/c1-20(2)42-36-34(41)22-8-12-28-30(16-22)37-17-24(32-29(18-39)35-19-38(32)25-9-10-25)14-23-15-26(40)11-13-27(23)33(37)31(28)21-6-4-3-5-7-21;1-2-3/h8,11-16,18-21,25,40H,3-7,9-10,17H2,1-2H3,(H,36,41);1H3. The van der Waals surface area contributed by atoms with E-state index in [-0.39, 0.29) is 16.9 Å². The zero-order chi connectivity index (χ0) is 31.7. The average Bonchev–Trinajstić information content (AvgIpc) is 3.75. The molecule has 2 aromatic heterocycles. The van der Waals surface area contributed by atoms with Gasteiger partial charge in [-0.3, -0.25) is 14.3 Å². The number of allylic oxidation sites excluding steroid dienone is 1. The van der Waals surface area contributed by atoms with Gasteiger partial charge in [0.15, 0.2) is 6.29 Å². The van der Waals surface area contributed by atoms with Crippen molar-refractivity contribution in [3.63, 3.8) is 0 Å². The molecule has 0 spiro atoms. The number of hydrogen-bond donors (Lipinski definition) is 2. The number of aromatic hydroxyl groups is 1. The van der Waals surface area contributed by atoms with Crippen LogP contribution < -0.4 is 4.72 Å². The maximum atomic E-state index is 13.2.